The number of rotatable bonds is 3. The summed E-state index contributed by atoms with van der Waals surface area (Å²) in [4.78, 5) is 15.4. The van der Waals surface area contributed by atoms with Crippen LogP contribution in [0.5, 0.6) is 5.75 Å². The molecule has 0 amide bonds. The summed E-state index contributed by atoms with van der Waals surface area (Å²) in [5.74, 6) is 0.249. The van der Waals surface area contributed by atoms with Crippen LogP contribution >= 0.6 is 0 Å². The molecule has 0 bridgehead atoms. The molecule has 4 nitrogen and oxygen atoms in total. The van der Waals surface area contributed by atoms with Crippen molar-refractivity contribution < 1.29 is 14.3 Å². The van der Waals surface area contributed by atoms with E-state index in [9.17, 15) is 4.79 Å². The molecule has 0 spiro atoms. The van der Waals surface area contributed by atoms with Crippen LogP contribution in [0.2, 0.25) is 0 Å². The van der Waals surface area contributed by atoms with Gasteiger partial charge >= 0.3 is 5.97 Å². The van der Waals surface area contributed by atoms with Crippen molar-refractivity contribution in [2.45, 2.75) is 0 Å². The minimum atomic E-state index is -0.380. The lowest BCUT2D eigenvalue weighted by Crippen LogP contribution is -2.01. The Balaban J connectivity index is 2.47. The highest BCUT2D eigenvalue weighted by Crippen LogP contribution is 2.30. The number of hydrogen-bond donors (Lipinski definition) is 0. The van der Waals surface area contributed by atoms with Crippen molar-refractivity contribution in [2.75, 3.05) is 14.2 Å². The van der Waals surface area contributed by atoms with E-state index in [1.54, 1.807) is 31.6 Å². The molecule has 0 aliphatic carbocycles. The van der Waals surface area contributed by atoms with E-state index in [4.69, 9.17) is 4.74 Å². The SMILES string of the molecule is COC(=O)c1ccc(-c2ccncc2)c(OC)c1. The number of methoxy groups -OCH3 is 2. The van der Waals surface area contributed by atoms with Crippen molar-refractivity contribution in [3.05, 3.63) is 48.3 Å². The van der Waals surface area contributed by atoms with Gasteiger partial charge in [-0.25, -0.2) is 4.79 Å². The third kappa shape index (κ3) is 2.32. The van der Waals surface area contributed by atoms with Crippen LogP contribution in [0, 0.1) is 0 Å². The van der Waals surface area contributed by atoms with Crippen LogP contribution in [0.15, 0.2) is 42.7 Å². The number of nitrogens with zero attached hydrogens (tertiary/aromatic N) is 1. The zero-order chi connectivity index (χ0) is 13.0. The number of carbonyl (C=O) groups is 1. The van der Waals surface area contributed by atoms with Crippen LogP contribution in [0.3, 0.4) is 0 Å². The summed E-state index contributed by atoms with van der Waals surface area (Å²) in [5.41, 5.74) is 2.36. The summed E-state index contributed by atoms with van der Waals surface area (Å²) in [6, 6.07) is 8.98. The number of ether oxygens (including phenoxy) is 2. The van der Waals surface area contributed by atoms with E-state index in [0.29, 0.717) is 11.3 Å². The Morgan fingerprint density at radius 3 is 2.44 bits per heavy atom. The van der Waals surface area contributed by atoms with E-state index in [0.717, 1.165) is 11.1 Å². The average molecular weight is 243 g/mol. The normalized spacial score (nSPS) is 9.89. The molecule has 2 aromatic rings. The molecule has 0 aliphatic heterocycles. The van der Waals surface area contributed by atoms with E-state index in [2.05, 4.69) is 9.72 Å². The molecule has 92 valence electrons. The number of carbonyl (C=O) groups excluding carboxylic acids is 1. The molecule has 2 rings (SSSR count). The fourth-order valence-corrected chi connectivity index (χ4v) is 1.71. The molecule has 1 aromatic heterocycles. The highest BCUT2D eigenvalue weighted by molar-refractivity contribution is 5.91. The molecule has 0 fully saturated rings. The fourth-order valence-electron chi connectivity index (χ4n) is 1.71. The van der Waals surface area contributed by atoms with Gasteiger partial charge in [-0.1, -0.05) is 0 Å². The third-order valence-corrected chi connectivity index (χ3v) is 2.61. The first-order valence-electron chi connectivity index (χ1n) is 5.43. The summed E-state index contributed by atoms with van der Waals surface area (Å²) < 4.78 is 9.98. The van der Waals surface area contributed by atoms with E-state index in [1.807, 2.05) is 18.2 Å². The van der Waals surface area contributed by atoms with Gasteiger partial charge in [-0.2, -0.15) is 0 Å². The topological polar surface area (TPSA) is 48.4 Å². The van der Waals surface area contributed by atoms with Gasteiger partial charge in [0, 0.05) is 18.0 Å². The van der Waals surface area contributed by atoms with Crippen molar-refractivity contribution in [1.29, 1.82) is 0 Å². The molecule has 0 aliphatic rings. The first-order chi connectivity index (χ1) is 8.76. The smallest absolute Gasteiger partial charge is 0.337 e. The van der Waals surface area contributed by atoms with Gasteiger partial charge in [0.2, 0.25) is 0 Å². The second-order valence-corrected chi connectivity index (χ2v) is 3.64. The molecule has 4 heteroatoms. The lowest BCUT2D eigenvalue weighted by Gasteiger charge is -2.10. The number of aromatic nitrogens is 1. The molecule has 1 aromatic carbocycles. The molecule has 0 atom stereocenters. The molecule has 0 saturated heterocycles. The second kappa shape index (κ2) is 5.31. The monoisotopic (exact) mass is 243 g/mol. The van der Waals surface area contributed by atoms with Crippen LogP contribution in [-0.2, 0) is 4.74 Å². The van der Waals surface area contributed by atoms with Crippen molar-refractivity contribution in [1.82, 2.24) is 4.98 Å². The molecule has 1 heterocycles. The Bertz CT molecular complexity index is 552. The van der Waals surface area contributed by atoms with Crippen molar-refractivity contribution in [3.63, 3.8) is 0 Å². The van der Waals surface area contributed by atoms with Crippen LogP contribution in [0.25, 0.3) is 11.1 Å². The summed E-state index contributed by atoms with van der Waals surface area (Å²) in [6.07, 6.45) is 3.42. The molecule has 0 radical (unpaired) electrons. The maximum absolute atomic E-state index is 11.4. The Labute approximate surface area is 105 Å². The van der Waals surface area contributed by atoms with Gasteiger partial charge in [0.15, 0.2) is 0 Å². The van der Waals surface area contributed by atoms with Gasteiger partial charge in [0.05, 0.1) is 19.8 Å². The first-order valence-corrected chi connectivity index (χ1v) is 5.43. The van der Waals surface area contributed by atoms with Gasteiger partial charge in [-0.05, 0) is 35.9 Å². The molecule has 0 saturated carbocycles. The van der Waals surface area contributed by atoms with Crippen molar-refractivity contribution in [3.8, 4) is 16.9 Å². The van der Waals surface area contributed by atoms with Crippen molar-refractivity contribution >= 4 is 5.97 Å². The highest BCUT2D eigenvalue weighted by Gasteiger charge is 2.11. The second-order valence-electron chi connectivity index (χ2n) is 3.64. The quantitative estimate of drug-likeness (QED) is 0.777. The maximum atomic E-state index is 11.4. The van der Waals surface area contributed by atoms with Crippen molar-refractivity contribution in [2.24, 2.45) is 0 Å². The summed E-state index contributed by atoms with van der Waals surface area (Å²) in [6.45, 7) is 0. The predicted octanol–water partition coefficient (Wildman–Crippen LogP) is 2.54. The first kappa shape index (κ1) is 12.1. The molecule has 18 heavy (non-hydrogen) atoms. The predicted molar refractivity (Wildman–Crippen MR) is 67.6 cm³/mol. The Morgan fingerprint density at radius 1 is 1.11 bits per heavy atom. The Kier molecular flexibility index (Phi) is 3.57. The lowest BCUT2D eigenvalue weighted by molar-refractivity contribution is 0.0600. The molecular weight excluding hydrogens is 230 g/mol. The Morgan fingerprint density at radius 2 is 1.83 bits per heavy atom. The average Bonchev–Trinajstić information content (AvgIpc) is 2.46. The minimum absolute atomic E-state index is 0.380. The van der Waals surface area contributed by atoms with Gasteiger partial charge in [-0.15, -0.1) is 0 Å². The zero-order valence-corrected chi connectivity index (χ0v) is 10.2. The van der Waals surface area contributed by atoms with E-state index in [1.165, 1.54) is 7.11 Å². The number of esters is 1. The molecule has 0 unspecified atom stereocenters. The number of benzene rings is 1. The van der Waals surface area contributed by atoms with E-state index in [-0.39, 0.29) is 5.97 Å². The maximum Gasteiger partial charge on any atom is 0.337 e. The largest absolute Gasteiger partial charge is 0.496 e. The minimum Gasteiger partial charge on any atom is -0.496 e. The van der Waals surface area contributed by atoms with Crippen LogP contribution in [0.4, 0.5) is 0 Å². The van der Waals surface area contributed by atoms with Gasteiger partial charge in [-0.3, -0.25) is 4.98 Å². The molecular formula is C14H13NO3. The van der Waals surface area contributed by atoms with Gasteiger partial charge < -0.3 is 9.47 Å². The summed E-state index contributed by atoms with van der Waals surface area (Å²) >= 11 is 0. The van der Waals surface area contributed by atoms with E-state index < -0.39 is 0 Å². The lowest BCUT2D eigenvalue weighted by atomic mass is 10.0. The van der Waals surface area contributed by atoms with Crippen LogP contribution in [0.1, 0.15) is 10.4 Å². The van der Waals surface area contributed by atoms with Crippen LogP contribution in [-0.4, -0.2) is 25.2 Å². The fraction of sp³-hybridized carbons (Fsp3) is 0.143. The number of hydrogen-bond acceptors (Lipinski definition) is 4. The standard InChI is InChI=1S/C14H13NO3/c1-17-13-9-11(14(16)18-2)3-4-12(13)10-5-7-15-8-6-10/h3-9H,1-2H3. The Hall–Kier alpha value is -2.36. The van der Waals surface area contributed by atoms with Gasteiger partial charge in [0.25, 0.3) is 0 Å². The number of pyridine rings is 1. The summed E-state index contributed by atoms with van der Waals surface area (Å²) in [7, 11) is 2.92. The highest BCUT2D eigenvalue weighted by atomic mass is 16.5. The summed E-state index contributed by atoms with van der Waals surface area (Å²) in [5, 5.41) is 0. The third-order valence-electron chi connectivity index (χ3n) is 2.61. The van der Waals surface area contributed by atoms with E-state index >= 15 is 0 Å². The van der Waals surface area contributed by atoms with Gasteiger partial charge in [0.1, 0.15) is 5.75 Å². The van der Waals surface area contributed by atoms with Crippen LogP contribution < -0.4 is 4.74 Å². The molecule has 0 N–H and O–H groups in total. The zero-order valence-electron chi connectivity index (χ0n) is 10.2.